The Morgan fingerprint density at radius 2 is 2.18 bits per heavy atom. The first-order valence-electron chi connectivity index (χ1n) is 10.2. The lowest BCUT2D eigenvalue weighted by Crippen LogP contribution is -2.50. The Hall–Kier alpha value is -1.65. The molecule has 5 nitrogen and oxygen atoms in total. The highest BCUT2D eigenvalue weighted by atomic mass is 32.2. The van der Waals surface area contributed by atoms with Crippen LogP contribution in [0.2, 0.25) is 0 Å². The van der Waals surface area contributed by atoms with E-state index in [9.17, 15) is 10.1 Å². The van der Waals surface area contributed by atoms with Crippen LogP contribution >= 0.6 is 23.1 Å². The first-order valence-corrected chi connectivity index (χ1v) is 11.9. The number of thioether (sulfide) groups is 1. The Morgan fingerprint density at radius 1 is 1.39 bits per heavy atom. The molecule has 2 aromatic heterocycles. The van der Waals surface area contributed by atoms with Crippen LogP contribution < -0.4 is 5.32 Å². The van der Waals surface area contributed by atoms with Crippen molar-refractivity contribution in [3.8, 4) is 6.07 Å². The standard InChI is InChI=1S/C21H26N4OS2/c1-13-6-7-15-16(10-13)28-20-17(15)19(23-12-24-20)27-14(2)18(26)25-21(11-22)8-4-3-5-9-21/h12-14H,3-10H2,1-2H3,(H,25,26)/t13-,14-/m1/s1. The van der Waals surface area contributed by atoms with Crippen LogP contribution in [0.25, 0.3) is 10.2 Å². The quantitative estimate of drug-likeness (QED) is 0.582. The molecule has 1 N–H and O–H groups in total. The van der Waals surface area contributed by atoms with Gasteiger partial charge in [-0.05, 0) is 50.5 Å². The molecule has 7 heteroatoms. The molecule has 4 rings (SSSR count). The maximum absolute atomic E-state index is 12.9. The highest BCUT2D eigenvalue weighted by molar-refractivity contribution is 8.00. The number of carbonyl (C=O) groups excluding carboxylic acids is 1. The largest absolute Gasteiger partial charge is 0.337 e. The molecule has 0 unspecified atom stereocenters. The van der Waals surface area contributed by atoms with Crippen LogP contribution in [0.4, 0.5) is 0 Å². The van der Waals surface area contributed by atoms with E-state index in [0.29, 0.717) is 5.92 Å². The zero-order valence-corrected chi connectivity index (χ0v) is 18.1. The third kappa shape index (κ3) is 3.77. The fourth-order valence-corrected chi connectivity index (χ4v) is 6.68. The molecule has 2 aliphatic carbocycles. The Balaban J connectivity index is 1.54. The van der Waals surface area contributed by atoms with Crippen molar-refractivity contribution in [1.29, 1.82) is 5.26 Å². The second kappa shape index (κ2) is 8.00. The van der Waals surface area contributed by atoms with Crippen LogP contribution in [0.1, 0.15) is 62.8 Å². The van der Waals surface area contributed by atoms with Gasteiger partial charge in [0.2, 0.25) is 5.91 Å². The summed E-state index contributed by atoms with van der Waals surface area (Å²) in [6.45, 7) is 4.21. The number of nitrogens with one attached hydrogen (secondary N) is 1. The van der Waals surface area contributed by atoms with Crippen molar-refractivity contribution in [1.82, 2.24) is 15.3 Å². The van der Waals surface area contributed by atoms with Crippen molar-refractivity contribution in [3.05, 3.63) is 16.8 Å². The SMILES string of the molecule is C[C@@H]1CCc2c(sc3ncnc(S[C@H](C)C(=O)NC4(C#N)CCCCC4)c23)C1. The van der Waals surface area contributed by atoms with Crippen LogP contribution in [0.15, 0.2) is 11.4 Å². The van der Waals surface area contributed by atoms with Crippen molar-refractivity contribution in [2.24, 2.45) is 5.92 Å². The van der Waals surface area contributed by atoms with E-state index in [1.807, 2.05) is 6.92 Å². The normalized spacial score (nSPS) is 22.2. The molecule has 2 aliphatic rings. The third-order valence-electron chi connectivity index (χ3n) is 6.00. The van der Waals surface area contributed by atoms with Gasteiger partial charge in [0, 0.05) is 10.3 Å². The number of thiophene rings is 1. The molecule has 0 bridgehead atoms. The van der Waals surface area contributed by atoms with Crippen molar-refractivity contribution in [2.45, 2.75) is 81.0 Å². The number of nitrogens with zero attached hydrogens (tertiary/aromatic N) is 3. The van der Waals surface area contributed by atoms with Crippen LogP contribution in [-0.2, 0) is 17.6 Å². The summed E-state index contributed by atoms with van der Waals surface area (Å²) in [5, 5.41) is 14.4. The smallest absolute Gasteiger partial charge is 0.234 e. The van der Waals surface area contributed by atoms with E-state index in [-0.39, 0.29) is 11.2 Å². The van der Waals surface area contributed by atoms with Gasteiger partial charge in [-0.1, -0.05) is 37.9 Å². The summed E-state index contributed by atoms with van der Waals surface area (Å²) in [5.41, 5.74) is 0.692. The molecule has 1 amide bonds. The molecule has 28 heavy (non-hydrogen) atoms. The van der Waals surface area contributed by atoms with Gasteiger partial charge in [0.25, 0.3) is 0 Å². The van der Waals surface area contributed by atoms with E-state index >= 15 is 0 Å². The Bertz CT molecular complexity index is 926. The highest BCUT2D eigenvalue weighted by Crippen LogP contribution is 2.41. The first-order chi connectivity index (χ1) is 13.5. The predicted octanol–water partition coefficient (Wildman–Crippen LogP) is 4.64. The molecule has 0 aliphatic heterocycles. The number of aryl methyl sites for hydroxylation is 1. The highest BCUT2D eigenvalue weighted by Gasteiger charge is 2.35. The van der Waals surface area contributed by atoms with Gasteiger partial charge in [0.15, 0.2) is 0 Å². The van der Waals surface area contributed by atoms with E-state index in [1.54, 1.807) is 17.7 Å². The molecule has 2 atom stereocenters. The lowest BCUT2D eigenvalue weighted by molar-refractivity contribution is -0.121. The minimum atomic E-state index is -0.692. The molecule has 0 radical (unpaired) electrons. The number of hydrogen-bond acceptors (Lipinski definition) is 6. The van der Waals surface area contributed by atoms with Crippen LogP contribution in [-0.4, -0.2) is 26.7 Å². The monoisotopic (exact) mass is 414 g/mol. The number of amides is 1. The number of fused-ring (bicyclic) bond motifs is 3. The minimum absolute atomic E-state index is 0.0714. The number of nitriles is 1. The van der Waals surface area contributed by atoms with Gasteiger partial charge in [-0.3, -0.25) is 4.79 Å². The summed E-state index contributed by atoms with van der Waals surface area (Å²) >= 11 is 3.27. The summed E-state index contributed by atoms with van der Waals surface area (Å²) < 4.78 is 0. The second-order valence-corrected chi connectivity index (χ2v) is 10.6. The van der Waals surface area contributed by atoms with Crippen LogP contribution in [0.3, 0.4) is 0 Å². The van der Waals surface area contributed by atoms with Gasteiger partial charge >= 0.3 is 0 Å². The Labute approximate surface area is 174 Å². The van der Waals surface area contributed by atoms with Gasteiger partial charge in [0.05, 0.1) is 11.3 Å². The molecule has 2 aromatic rings. The van der Waals surface area contributed by atoms with E-state index in [1.165, 1.54) is 28.6 Å². The average Bonchev–Trinajstić information content (AvgIpc) is 3.07. The van der Waals surface area contributed by atoms with Gasteiger partial charge in [0.1, 0.15) is 21.7 Å². The van der Waals surface area contributed by atoms with Crippen molar-refractivity contribution in [3.63, 3.8) is 0 Å². The van der Waals surface area contributed by atoms with Gasteiger partial charge < -0.3 is 5.32 Å². The lowest BCUT2D eigenvalue weighted by Gasteiger charge is -2.32. The minimum Gasteiger partial charge on any atom is -0.337 e. The molecule has 2 heterocycles. The maximum Gasteiger partial charge on any atom is 0.234 e. The zero-order valence-electron chi connectivity index (χ0n) is 16.5. The summed E-state index contributed by atoms with van der Waals surface area (Å²) in [6, 6.07) is 2.37. The van der Waals surface area contributed by atoms with E-state index < -0.39 is 5.54 Å². The fraction of sp³-hybridized carbons (Fsp3) is 0.619. The predicted molar refractivity (Wildman–Crippen MR) is 113 cm³/mol. The van der Waals surface area contributed by atoms with E-state index in [2.05, 4.69) is 28.3 Å². The number of aromatic nitrogens is 2. The molecule has 148 valence electrons. The molecular weight excluding hydrogens is 388 g/mol. The summed E-state index contributed by atoms with van der Waals surface area (Å²) in [4.78, 5) is 24.3. The molecule has 1 fully saturated rings. The van der Waals surface area contributed by atoms with Gasteiger partial charge in [-0.15, -0.1) is 11.3 Å². The van der Waals surface area contributed by atoms with Crippen LogP contribution in [0, 0.1) is 17.2 Å². The number of hydrogen-bond donors (Lipinski definition) is 1. The van der Waals surface area contributed by atoms with E-state index in [4.69, 9.17) is 0 Å². The van der Waals surface area contributed by atoms with Crippen LogP contribution in [0.5, 0.6) is 0 Å². The van der Waals surface area contributed by atoms with Gasteiger partial charge in [-0.2, -0.15) is 5.26 Å². The van der Waals surface area contributed by atoms with E-state index in [0.717, 1.165) is 60.2 Å². The topological polar surface area (TPSA) is 78.7 Å². The van der Waals surface area contributed by atoms with Crippen molar-refractivity contribution < 1.29 is 4.79 Å². The zero-order chi connectivity index (χ0) is 19.7. The van der Waals surface area contributed by atoms with Crippen molar-refractivity contribution >= 4 is 39.2 Å². The maximum atomic E-state index is 12.9. The van der Waals surface area contributed by atoms with Crippen molar-refractivity contribution in [2.75, 3.05) is 0 Å². The lowest BCUT2D eigenvalue weighted by atomic mass is 9.83. The average molecular weight is 415 g/mol. The molecular formula is C21H26N4OS2. The summed E-state index contributed by atoms with van der Waals surface area (Å²) in [5.74, 6) is 0.643. The van der Waals surface area contributed by atoms with Gasteiger partial charge in [-0.25, -0.2) is 9.97 Å². The Kier molecular flexibility index (Phi) is 5.62. The summed E-state index contributed by atoms with van der Waals surface area (Å²) in [6.07, 6.45) is 9.63. The Morgan fingerprint density at radius 3 is 2.93 bits per heavy atom. The molecule has 0 saturated heterocycles. The fourth-order valence-electron chi connectivity index (χ4n) is 4.31. The second-order valence-electron chi connectivity index (χ2n) is 8.21. The third-order valence-corrected chi connectivity index (χ3v) is 8.26. The molecule has 1 saturated carbocycles. The molecule has 0 aromatic carbocycles. The number of rotatable bonds is 4. The first kappa shape index (κ1) is 19.7. The summed E-state index contributed by atoms with van der Waals surface area (Å²) in [7, 11) is 0. The number of carbonyl (C=O) groups is 1. The molecule has 0 spiro atoms.